The van der Waals surface area contributed by atoms with E-state index in [2.05, 4.69) is 45.8 Å². The Balaban J connectivity index is 1.45. The van der Waals surface area contributed by atoms with Gasteiger partial charge >= 0.3 is 5.97 Å². The van der Waals surface area contributed by atoms with E-state index in [1.165, 1.54) is 20.2 Å². The molecule has 4 rings (SSSR count). The zero-order chi connectivity index (χ0) is 16.5. The first-order chi connectivity index (χ1) is 11.7. The second-order valence-electron chi connectivity index (χ2n) is 6.30. The summed E-state index contributed by atoms with van der Waals surface area (Å²) in [6.07, 6.45) is 2.53. The molecule has 1 N–H and O–H groups in total. The minimum Gasteiger partial charge on any atom is -0.461 e. The first-order valence-corrected chi connectivity index (χ1v) is 9.28. The van der Waals surface area contributed by atoms with Gasteiger partial charge in [-0.3, -0.25) is 4.79 Å². The number of fused-ring (bicyclic) bond motifs is 3. The number of hydrogen-bond donors (Lipinski definition) is 1. The normalized spacial score (nSPS) is 16.8. The summed E-state index contributed by atoms with van der Waals surface area (Å²) in [5, 5.41) is 1.24. The smallest absolute Gasteiger partial charge is 0.309 e. The van der Waals surface area contributed by atoms with E-state index < -0.39 is 0 Å². The lowest BCUT2D eigenvalue weighted by atomic mass is 9.86. The molecule has 3 aromatic rings. The highest BCUT2D eigenvalue weighted by Gasteiger charge is 2.28. The van der Waals surface area contributed by atoms with Gasteiger partial charge in [-0.15, -0.1) is 0 Å². The second-order valence-corrected chi connectivity index (χ2v) is 7.55. The molecule has 0 radical (unpaired) electrons. The fourth-order valence-corrected chi connectivity index (χ4v) is 3.78. The molecule has 1 atom stereocenters. The maximum Gasteiger partial charge on any atom is 0.309 e. The number of nitrogens with one attached hydrogen (secondary N) is 1. The minimum absolute atomic E-state index is 0.0412. The maximum absolute atomic E-state index is 12.5. The summed E-state index contributed by atoms with van der Waals surface area (Å²) < 4.78 is 6.74. The van der Waals surface area contributed by atoms with Gasteiger partial charge in [0.25, 0.3) is 0 Å². The van der Waals surface area contributed by atoms with Gasteiger partial charge in [-0.2, -0.15) is 0 Å². The van der Waals surface area contributed by atoms with Crippen LogP contribution in [0.4, 0.5) is 0 Å². The monoisotopic (exact) mass is 431 g/mol. The van der Waals surface area contributed by atoms with Crippen molar-refractivity contribution in [1.29, 1.82) is 0 Å². The highest BCUT2D eigenvalue weighted by atomic mass is 127. The van der Waals surface area contributed by atoms with Crippen molar-refractivity contribution < 1.29 is 9.53 Å². The summed E-state index contributed by atoms with van der Waals surface area (Å²) in [5.74, 6) is -0.120. The number of aromatic amines is 1. The largest absolute Gasteiger partial charge is 0.461 e. The third kappa shape index (κ3) is 3.07. The lowest BCUT2D eigenvalue weighted by Crippen LogP contribution is -2.24. The van der Waals surface area contributed by atoms with E-state index in [1.54, 1.807) is 0 Å². The van der Waals surface area contributed by atoms with Crippen molar-refractivity contribution in [3.05, 3.63) is 68.9 Å². The number of esters is 1. The lowest BCUT2D eigenvalue weighted by Gasteiger charge is -2.21. The highest BCUT2D eigenvalue weighted by Crippen LogP contribution is 2.32. The molecule has 2 aromatic carbocycles. The van der Waals surface area contributed by atoms with Gasteiger partial charge in [-0.1, -0.05) is 30.3 Å². The lowest BCUT2D eigenvalue weighted by molar-refractivity contribution is -0.150. The first-order valence-electron chi connectivity index (χ1n) is 8.20. The van der Waals surface area contributed by atoms with Gasteiger partial charge in [0.1, 0.15) is 6.61 Å². The van der Waals surface area contributed by atoms with E-state index >= 15 is 0 Å². The van der Waals surface area contributed by atoms with Gasteiger partial charge in [0.15, 0.2) is 0 Å². The molecule has 1 unspecified atom stereocenters. The molecular formula is C20H18INO2. The van der Waals surface area contributed by atoms with Crippen LogP contribution in [0.5, 0.6) is 0 Å². The van der Waals surface area contributed by atoms with Crippen LogP contribution in [-0.4, -0.2) is 11.0 Å². The van der Waals surface area contributed by atoms with Crippen molar-refractivity contribution in [3.8, 4) is 0 Å². The van der Waals surface area contributed by atoms with E-state index in [-0.39, 0.29) is 11.9 Å². The third-order valence-electron chi connectivity index (χ3n) is 4.72. The molecule has 1 aliphatic carbocycles. The van der Waals surface area contributed by atoms with Crippen molar-refractivity contribution in [2.45, 2.75) is 25.9 Å². The molecule has 1 aromatic heterocycles. The van der Waals surface area contributed by atoms with Crippen LogP contribution in [-0.2, 0) is 29.0 Å². The predicted octanol–water partition coefficient (Wildman–Crippen LogP) is 4.62. The highest BCUT2D eigenvalue weighted by molar-refractivity contribution is 14.1. The molecule has 122 valence electrons. The Morgan fingerprint density at radius 2 is 1.96 bits per heavy atom. The van der Waals surface area contributed by atoms with E-state index in [0.717, 1.165) is 30.3 Å². The van der Waals surface area contributed by atoms with E-state index in [0.29, 0.717) is 6.61 Å². The number of carbonyl (C=O) groups excluding carboxylic acids is 1. The standard InChI is InChI=1S/C20H18INO2/c21-15-8-5-13(6-9-15)12-24-20(23)14-7-10-19-17(11-14)16-3-1-2-4-18(16)22-19/h1-6,8-9,14,22H,7,10-12H2. The molecule has 24 heavy (non-hydrogen) atoms. The number of hydrogen-bond acceptors (Lipinski definition) is 2. The van der Waals surface area contributed by atoms with Gasteiger partial charge in [-0.05, 0) is 71.2 Å². The SMILES string of the molecule is O=C(OCc1ccc(I)cc1)C1CCc2[nH]c3ccccc3c2C1. The number of rotatable bonds is 3. The summed E-state index contributed by atoms with van der Waals surface area (Å²) in [7, 11) is 0. The van der Waals surface area contributed by atoms with Crippen LogP contribution in [0.15, 0.2) is 48.5 Å². The molecule has 4 heteroatoms. The molecule has 0 saturated heterocycles. The van der Waals surface area contributed by atoms with Crippen molar-refractivity contribution in [2.24, 2.45) is 5.92 Å². The van der Waals surface area contributed by atoms with Crippen LogP contribution in [0.1, 0.15) is 23.2 Å². The van der Waals surface area contributed by atoms with Gasteiger partial charge in [0, 0.05) is 20.2 Å². The number of benzene rings is 2. The number of para-hydroxylation sites is 1. The quantitative estimate of drug-likeness (QED) is 0.486. The van der Waals surface area contributed by atoms with Crippen LogP contribution in [0.3, 0.4) is 0 Å². The van der Waals surface area contributed by atoms with Crippen molar-refractivity contribution >= 4 is 39.5 Å². The fraction of sp³-hybridized carbons (Fsp3) is 0.250. The average Bonchev–Trinajstić information content (AvgIpc) is 2.99. The number of aryl methyl sites for hydroxylation is 1. The van der Waals surface area contributed by atoms with Gasteiger partial charge in [0.2, 0.25) is 0 Å². The third-order valence-corrected chi connectivity index (χ3v) is 5.44. The van der Waals surface area contributed by atoms with Gasteiger partial charge < -0.3 is 9.72 Å². The molecular weight excluding hydrogens is 413 g/mol. The zero-order valence-corrected chi connectivity index (χ0v) is 15.4. The number of aromatic nitrogens is 1. The number of halogens is 1. The summed E-state index contributed by atoms with van der Waals surface area (Å²) in [4.78, 5) is 16.0. The molecule has 3 nitrogen and oxygen atoms in total. The van der Waals surface area contributed by atoms with Crippen LogP contribution < -0.4 is 0 Å². The van der Waals surface area contributed by atoms with E-state index in [9.17, 15) is 4.79 Å². The van der Waals surface area contributed by atoms with Crippen molar-refractivity contribution in [2.75, 3.05) is 0 Å². The van der Waals surface area contributed by atoms with Crippen LogP contribution >= 0.6 is 22.6 Å². The average molecular weight is 431 g/mol. The molecule has 0 bridgehead atoms. The molecule has 0 fully saturated rings. The van der Waals surface area contributed by atoms with Crippen LogP contribution in [0.25, 0.3) is 10.9 Å². The Kier molecular flexibility index (Phi) is 4.31. The Hall–Kier alpha value is -1.82. The second kappa shape index (κ2) is 6.59. The van der Waals surface area contributed by atoms with Gasteiger partial charge in [-0.25, -0.2) is 0 Å². The summed E-state index contributed by atoms with van der Waals surface area (Å²) >= 11 is 2.27. The summed E-state index contributed by atoms with van der Waals surface area (Å²) in [5.41, 5.74) is 4.76. The number of H-pyrrole nitrogens is 1. The van der Waals surface area contributed by atoms with Crippen molar-refractivity contribution in [1.82, 2.24) is 4.98 Å². The topological polar surface area (TPSA) is 42.1 Å². The van der Waals surface area contributed by atoms with Crippen molar-refractivity contribution in [3.63, 3.8) is 0 Å². The van der Waals surface area contributed by atoms with E-state index in [4.69, 9.17) is 4.74 Å². The van der Waals surface area contributed by atoms with Crippen LogP contribution in [0, 0.1) is 9.49 Å². The Morgan fingerprint density at radius 1 is 1.17 bits per heavy atom. The summed E-state index contributed by atoms with van der Waals surface area (Å²) in [6.45, 7) is 0.354. The molecule has 0 saturated carbocycles. The molecule has 1 heterocycles. The maximum atomic E-state index is 12.5. The predicted molar refractivity (Wildman–Crippen MR) is 103 cm³/mol. The zero-order valence-electron chi connectivity index (χ0n) is 13.2. The minimum atomic E-state index is -0.0792. The molecule has 0 spiro atoms. The Bertz CT molecular complexity index is 882. The molecule has 1 aliphatic rings. The molecule has 0 aliphatic heterocycles. The van der Waals surface area contributed by atoms with E-state index in [1.807, 2.05) is 30.3 Å². The number of carbonyl (C=O) groups is 1. The Labute approximate surface area is 154 Å². The molecule has 0 amide bonds. The van der Waals surface area contributed by atoms with Crippen LogP contribution in [0.2, 0.25) is 0 Å². The fourth-order valence-electron chi connectivity index (χ4n) is 3.42. The van der Waals surface area contributed by atoms with Gasteiger partial charge in [0.05, 0.1) is 5.92 Å². The summed E-state index contributed by atoms with van der Waals surface area (Å²) in [6, 6.07) is 16.4. The first kappa shape index (κ1) is 15.7. The Morgan fingerprint density at radius 3 is 2.79 bits per heavy atom. The number of ether oxygens (including phenoxy) is 1.